The fourth-order valence-electron chi connectivity index (χ4n) is 4.19. The monoisotopic (exact) mass is 786 g/mol. The highest BCUT2D eigenvalue weighted by molar-refractivity contribution is 9.10. The molecule has 0 spiro atoms. The Hall–Kier alpha value is -3.43. The Morgan fingerprint density at radius 1 is 0.444 bits per heavy atom. The smallest absolute Gasteiger partial charge is 0.200 e. The third-order valence-corrected chi connectivity index (χ3v) is 9.69. The van der Waals surface area contributed by atoms with Crippen molar-refractivity contribution in [2.75, 3.05) is 0 Å². The summed E-state index contributed by atoms with van der Waals surface area (Å²) in [6.07, 6.45) is 2.70. The summed E-state index contributed by atoms with van der Waals surface area (Å²) in [5.74, 6) is -25.8. The molecule has 2 unspecified atom stereocenters. The molecular weight excluding hydrogens is 774 g/mol. The van der Waals surface area contributed by atoms with Crippen LogP contribution in [0.1, 0.15) is 32.8 Å². The minimum absolute atomic E-state index is 0.125. The van der Waals surface area contributed by atoms with Crippen molar-refractivity contribution >= 4 is 53.8 Å². The molecule has 4 rings (SSSR count). The second kappa shape index (κ2) is 13.5. The lowest BCUT2D eigenvalue weighted by molar-refractivity contribution is 0.369. The van der Waals surface area contributed by atoms with Crippen LogP contribution in [0.3, 0.4) is 0 Å². The molecule has 0 aliphatic heterocycles. The number of sulfone groups is 1. The van der Waals surface area contributed by atoms with Crippen LogP contribution in [0.4, 0.5) is 43.9 Å². The first-order chi connectivity index (χ1) is 21.1. The van der Waals surface area contributed by atoms with Gasteiger partial charge in [0.2, 0.25) is 11.6 Å². The fourth-order valence-corrected chi connectivity index (χ4v) is 6.70. The molecule has 45 heavy (non-hydrogen) atoms. The number of hydrogen-bond acceptors (Lipinski definition) is 2. The first-order valence-corrected chi connectivity index (χ1v) is 15.4. The van der Waals surface area contributed by atoms with Gasteiger partial charge in [-0.2, -0.15) is 0 Å². The second-order valence-electron chi connectivity index (χ2n) is 9.22. The summed E-state index contributed by atoms with van der Waals surface area (Å²) in [6, 6.07) is 11.2. The van der Waals surface area contributed by atoms with Crippen molar-refractivity contribution in [3.05, 3.63) is 150 Å². The normalized spacial score (nSPS) is 13.6. The number of hydrogen-bond donors (Lipinski definition) is 0. The highest BCUT2D eigenvalue weighted by atomic mass is 79.9. The van der Waals surface area contributed by atoms with Crippen molar-refractivity contribution in [3.8, 4) is 0 Å². The molecule has 0 aliphatic carbocycles. The van der Waals surface area contributed by atoms with Crippen molar-refractivity contribution in [2.24, 2.45) is 0 Å². The summed E-state index contributed by atoms with van der Waals surface area (Å²) in [5, 5.41) is -5.86. The first-order valence-electron chi connectivity index (χ1n) is 12.2. The van der Waals surface area contributed by atoms with Crippen LogP contribution < -0.4 is 0 Å². The molecule has 15 heteroatoms. The molecule has 0 heterocycles. The van der Waals surface area contributed by atoms with Gasteiger partial charge in [0.25, 0.3) is 0 Å². The summed E-state index contributed by atoms with van der Waals surface area (Å²) in [5.41, 5.74) is -3.66. The third-order valence-electron chi connectivity index (χ3n) is 6.43. The Labute approximate surface area is 265 Å². The van der Waals surface area contributed by atoms with Crippen molar-refractivity contribution in [3.63, 3.8) is 0 Å². The van der Waals surface area contributed by atoms with Gasteiger partial charge < -0.3 is 0 Å². The van der Waals surface area contributed by atoms with E-state index in [9.17, 15) is 34.8 Å². The lowest BCUT2D eigenvalue weighted by atomic mass is 10.1. The molecule has 2 nitrogen and oxygen atoms in total. The maximum Gasteiger partial charge on any atom is 0.200 e. The van der Waals surface area contributed by atoms with Crippen LogP contribution in [-0.2, 0) is 9.84 Å². The zero-order valence-electron chi connectivity index (χ0n) is 21.8. The van der Waals surface area contributed by atoms with Gasteiger partial charge in [-0.25, -0.2) is 52.3 Å². The van der Waals surface area contributed by atoms with Gasteiger partial charge in [0.15, 0.2) is 56.4 Å². The van der Waals surface area contributed by atoms with Gasteiger partial charge in [0, 0.05) is 8.95 Å². The SMILES string of the molecule is O=S(=O)(C(C=Cc1ccc(Br)cc1)c1c(F)c(F)c(F)c(F)c1F)C(C=Cc1ccc(Br)cc1)c1c(F)c(F)c(F)c(F)c1F. The molecule has 0 saturated carbocycles. The Balaban J connectivity index is 2.07. The van der Waals surface area contributed by atoms with Gasteiger partial charge >= 0.3 is 0 Å². The number of rotatable bonds is 8. The molecule has 4 aromatic carbocycles. The van der Waals surface area contributed by atoms with E-state index in [2.05, 4.69) is 31.9 Å². The fraction of sp³-hybridized carbons (Fsp3) is 0.0667. The van der Waals surface area contributed by atoms with Gasteiger partial charge in [0.1, 0.15) is 10.5 Å². The van der Waals surface area contributed by atoms with Crippen LogP contribution in [0.25, 0.3) is 12.2 Å². The van der Waals surface area contributed by atoms with Crippen molar-refractivity contribution in [1.82, 2.24) is 0 Å². The molecule has 2 atom stereocenters. The largest absolute Gasteiger partial charge is 0.227 e. The van der Waals surface area contributed by atoms with Crippen LogP contribution in [-0.4, -0.2) is 8.42 Å². The number of halogens is 12. The molecule has 0 fully saturated rings. The Morgan fingerprint density at radius 2 is 0.689 bits per heavy atom. The average molecular weight is 788 g/mol. The van der Waals surface area contributed by atoms with Crippen LogP contribution in [0.15, 0.2) is 69.6 Å². The molecule has 0 radical (unpaired) electrons. The standard InChI is InChI=1S/C30H14Br2F10O2S/c31-15-7-1-13(2-8-15)5-11-17(19-21(33)25(37)29(41)26(38)22(19)34)45(43,44)18(12-6-14-3-9-16(32)10-4-14)20-23(35)27(39)30(42)28(40)24(20)36/h1-12,17-18H. The van der Waals surface area contributed by atoms with Crippen LogP contribution >= 0.6 is 31.9 Å². The molecule has 4 aromatic rings. The van der Waals surface area contributed by atoms with E-state index in [0.717, 1.165) is 12.2 Å². The summed E-state index contributed by atoms with van der Waals surface area (Å²) >= 11 is 6.29. The Kier molecular flexibility index (Phi) is 10.3. The van der Waals surface area contributed by atoms with Gasteiger partial charge in [-0.05, 0) is 35.4 Å². The van der Waals surface area contributed by atoms with E-state index in [1.165, 1.54) is 48.5 Å². The van der Waals surface area contributed by atoms with Gasteiger partial charge in [-0.3, -0.25) is 0 Å². The molecule has 0 aliphatic rings. The van der Waals surface area contributed by atoms with E-state index >= 15 is 17.6 Å². The maximum atomic E-state index is 15.1. The molecule has 0 aromatic heterocycles. The van der Waals surface area contributed by atoms with E-state index in [1.807, 2.05) is 0 Å². The Bertz CT molecular complexity index is 1750. The molecule has 0 N–H and O–H groups in total. The summed E-state index contributed by atoms with van der Waals surface area (Å²) < 4.78 is 175. The van der Waals surface area contributed by atoms with E-state index in [1.54, 1.807) is 0 Å². The molecule has 236 valence electrons. The minimum Gasteiger partial charge on any atom is -0.227 e. The highest BCUT2D eigenvalue weighted by Gasteiger charge is 2.43. The predicted molar refractivity (Wildman–Crippen MR) is 153 cm³/mol. The Morgan fingerprint density at radius 3 is 0.956 bits per heavy atom. The molecule has 0 saturated heterocycles. The number of benzene rings is 4. The van der Waals surface area contributed by atoms with E-state index < -0.39 is 89.6 Å². The molecular formula is C30H14Br2F10O2S. The van der Waals surface area contributed by atoms with Gasteiger partial charge in [-0.1, -0.05) is 80.4 Å². The lowest BCUT2D eigenvalue weighted by Crippen LogP contribution is -2.25. The quantitative estimate of drug-likeness (QED) is 0.101. The van der Waals surface area contributed by atoms with Crippen LogP contribution in [0.5, 0.6) is 0 Å². The second-order valence-corrected chi connectivity index (χ2v) is 13.2. The van der Waals surface area contributed by atoms with Crippen molar-refractivity contribution in [2.45, 2.75) is 10.5 Å². The highest BCUT2D eigenvalue weighted by Crippen LogP contribution is 2.43. The summed E-state index contributed by atoms with van der Waals surface area (Å²) in [6.45, 7) is 0. The van der Waals surface area contributed by atoms with Gasteiger partial charge in [-0.15, -0.1) is 0 Å². The minimum atomic E-state index is -5.77. The first kappa shape index (κ1) is 34.4. The van der Waals surface area contributed by atoms with Crippen LogP contribution in [0.2, 0.25) is 0 Å². The van der Waals surface area contributed by atoms with Gasteiger partial charge in [0.05, 0.1) is 11.1 Å². The average Bonchev–Trinajstić information content (AvgIpc) is 3.01. The van der Waals surface area contributed by atoms with Crippen molar-refractivity contribution < 1.29 is 52.3 Å². The lowest BCUT2D eigenvalue weighted by Gasteiger charge is -2.23. The summed E-state index contributed by atoms with van der Waals surface area (Å²) in [4.78, 5) is 0. The van der Waals surface area contributed by atoms with E-state index in [-0.39, 0.29) is 11.1 Å². The van der Waals surface area contributed by atoms with E-state index in [4.69, 9.17) is 0 Å². The van der Waals surface area contributed by atoms with Crippen LogP contribution in [0, 0.1) is 58.2 Å². The van der Waals surface area contributed by atoms with Crippen molar-refractivity contribution in [1.29, 1.82) is 0 Å². The third kappa shape index (κ3) is 6.75. The zero-order valence-corrected chi connectivity index (χ0v) is 25.8. The topological polar surface area (TPSA) is 34.1 Å². The predicted octanol–water partition coefficient (Wildman–Crippen LogP) is 10.2. The molecule has 0 amide bonds. The maximum absolute atomic E-state index is 15.1. The molecule has 0 bridgehead atoms. The zero-order chi connectivity index (χ0) is 33.4. The van der Waals surface area contributed by atoms with E-state index in [0.29, 0.717) is 21.1 Å². The summed E-state index contributed by atoms with van der Waals surface area (Å²) in [7, 11) is -5.77.